The van der Waals surface area contributed by atoms with Crippen LogP contribution in [0.25, 0.3) is 10.9 Å². The Morgan fingerprint density at radius 1 is 1.40 bits per heavy atom. The number of anilines is 1. The van der Waals surface area contributed by atoms with Crippen molar-refractivity contribution in [2.24, 2.45) is 0 Å². The zero-order valence-electron chi connectivity index (χ0n) is 12.1. The molecule has 0 radical (unpaired) electrons. The third-order valence-corrected chi connectivity index (χ3v) is 3.18. The third kappa shape index (κ3) is 3.04. The van der Waals surface area contributed by atoms with E-state index in [1.165, 1.54) is 0 Å². The van der Waals surface area contributed by atoms with Crippen molar-refractivity contribution in [1.29, 1.82) is 0 Å². The molecule has 1 aromatic carbocycles. The summed E-state index contributed by atoms with van der Waals surface area (Å²) in [7, 11) is 0. The molecule has 0 bridgehead atoms. The van der Waals surface area contributed by atoms with Gasteiger partial charge in [-0.05, 0) is 32.4 Å². The number of benzene rings is 1. The lowest BCUT2D eigenvalue weighted by molar-refractivity contribution is 0.0935. The molecular weight excluding hydrogens is 252 g/mol. The summed E-state index contributed by atoms with van der Waals surface area (Å²) in [6, 6.07) is 5.82. The van der Waals surface area contributed by atoms with Crippen LogP contribution in [0.5, 0.6) is 0 Å². The number of hydrogen-bond donors (Lipinski definition) is 2. The van der Waals surface area contributed by atoms with E-state index in [-0.39, 0.29) is 17.9 Å². The number of nitrogen functional groups attached to an aromatic ring is 1. The van der Waals surface area contributed by atoms with E-state index in [4.69, 9.17) is 5.73 Å². The van der Waals surface area contributed by atoms with Crippen LogP contribution in [0.3, 0.4) is 0 Å². The number of nitrogens with two attached hydrogens (primary N) is 1. The van der Waals surface area contributed by atoms with E-state index in [2.05, 4.69) is 22.2 Å². The molecule has 1 amide bonds. The molecule has 2 rings (SSSR count). The van der Waals surface area contributed by atoms with Crippen LogP contribution >= 0.6 is 0 Å². The van der Waals surface area contributed by atoms with Crippen molar-refractivity contribution in [2.75, 3.05) is 5.73 Å². The van der Waals surface area contributed by atoms with Crippen LogP contribution in [-0.2, 0) is 0 Å². The predicted molar refractivity (Wildman–Crippen MR) is 80.5 cm³/mol. The van der Waals surface area contributed by atoms with Crippen molar-refractivity contribution >= 4 is 22.8 Å². The second kappa shape index (κ2) is 5.86. The fourth-order valence-corrected chi connectivity index (χ4v) is 2.23. The first-order valence-corrected chi connectivity index (χ1v) is 6.86. The Morgan fingerprint density at radius 2 is 2.15 bits per heavy atom. The highest BCUT2D eigenvalue weighted by atomic mass is 16.1. The molecule has 0 aliphatic rings. The number of carbonyl (C=O) groups is 1. The van der Waals surface area contributed by atoms with E-state index in [1.807, 2.05) is 32.0 Å². The SMILES string of the molecule is CCCC(C)NC(=O)c1nc(N)nc2ccc(C)cc12. The van der Waals surface area contributed by atoms with Crippen molar-refractivity contribution in [3.8, 4) is 0 Å². The summed E-state index contributed by atoms with van der Waals surface area (Å²) in [6.07, 6.45) is 1.95. The molecule has 3 N–H and O–H groups in total. The molecule has 1 aromatic heterocycles. The van der Waals surface area contributed by atoms with Gasteiger partial charge in [0.1, 0.15) is 5.69 Å². The largest absolute Gasteiger partial charge is 0.368 e. The van der Waals surface area contributed by atoms with E-state index >= 15 is 0 Å². The van der Waals surface area contributed by atoms with Crippen LogP contribution < -0.4 is 11.1 Å². The number of fused-ring (bicyclic) bond motifs is 1. The van der Waals surface area contributed by atoms with E-state index in [9.17, 15) is 4.79 Å². The number of aryl methyl sites for hydroxylation is 1. The molecule has 106 valence electrons. The highest BCUT2D eigenvalue weighted by molar-refractivity contribution is 6.04. The lowest BCUT2D eigenvalue weighted by Gasteiger charge is -2.13. The number of carbonyl (C=O) groups excluding carboxylic acids is 1. The molecule has 0 fully saturated rings. The Morgan fingerprint density at radius 3 is 2.85 bits per heavy atom. The smallest absolute Gasteiger partial charge is 0.270 e. The van der Waals surface area contributed by atoms with Gasteiger partial charge in [-0.15, -0.1) is 0 Å². The fourth-order valence-electron chi connectivity index (χ4n) is 2.23. The van der Waals surface area contributed by atoms with E-state index in [0.29, 0.717) is 11.2 Å². The molecular formula is C15H20N4O. The summed E-state index contributed by atoms with van der Waals surface area (Å²) in [5.41, 5.74) is 7.78. The minimum Gasteiger partial charge on any atom is -0.368 e. The highest BCUT2D eigenvalue weighted by Crippen LogP contribution is 2.18. The molecule has 5 heteroatoms. The zero-order chi connectivity index (χ0) is 14.7. The fraction of sp³-hybridized carbons (Fsp3) is 0.400. The molecule has 0 spiro atoms. The maximum Gasteiger partial charge on any atom is 0.270 e. The first kappa shape index (κ1) is 14.2. The topological polar surface area (TPSA) is 80.9 Å². The molecule has 2 aromatic rings. The summed E-state index contributed by atoms with van der Waals surface area (Å²) in [6.45, 7) is 6.04. The van der Waals surface area contributed by atoms with Crippen LogP contribution in [0, 0.1) is 6.92 Å². The Bertz CT molecular complexity index is 639. The van der Waals surface area contributed by atoms with Crippen LogP contribution in [-0.4, -0.2) is 21.9 Å². The molecule has 0 saturated heterocycles. The molecule has 20 heavy (non-hydrogen) atoms. The van der Waals surface area contributed by atoms with Crippen molar-refractivity contribution in [2.45, 2.75) is 39.7 Å². The second-order valence-corrected chi connectivity index (χ2v) is 5.11. The Kier molecular flexibility index (Phi) is 4.17. The maximum atomic E-state index is 12.4. The average molecular weight is 272 g/mol. The van der Waals surface area contributed by atoms with E-state index in [1.54, 1.807) is 0 Å². The number of nitrogens with one attached hydrogen (secondary N) is 1. The number of rotatable bonds is 4. The Balaban J connectivity index is 2.42. The first-order chi connectivity index (χ1) is 9.51. The summed E-state index contributed by atoms with van der Waals surface area (Å²) < 4.78 is 0. The summed E-state index contributed by atoms with van der Waals surface area (Å²) in [4.78, 5) is 20.6. The molecule has 5 nitrogen and oxygen atoms in total. The molecule has 1 atom stereocenters. The van der Waals surface area contributed by atoms with Gasteiger partial charge in [-0.1, -0.05) is 25.0 Å². The van der Waals surface area contributed by atoms with Crippen molar-refractivity contribution in [1.82, 2.24) is 15.3 Å². The van der Waals surface area contributed by atoms with Gasteiger partial charge in [-0.3, -0.25) is 4.79 Å². The molecule has 0 aliphatic carbocycles. The average Bonchev–Trinajstić information content (AvgIpc) is 2.38. The summed E-state index contributed by atoms with van der Waals surface area (Å²) in [5.74, 6) is -0.0784. The Labute approximate surface area is 118 Å². The van der Waals surface area contributed by atoms with Gasteiger partial charge in [0.15, 0.2) is 0 Å². The lowest BCUT2D eigenvalue weighted by Crippen LogP contribution is -2.33. The number of hydrogen-bond acceptors (Lipinski definition) is 4. The van der Waals surface area contributed by atoms with Gasteiger partial charge >= 0.3 is 0 Å². The van der Waals surface area contributed by atoms with Crippen LogP contribution in [0.2, 0.25) is 0 Å². The standard InChI is InChI=1S/C15H20N4O/c1-4-5-10(3)17-14(20)13-11-8-9(2)6-7-12(11)18-15(16)19-13/h6-8,10H,4-5H2,1-3H3,(H,17,20)(H2,16,18,19). The van der Waals surface area contributed by atoms with Crippen LogP contribution in [0.15, 0.2) is 18.2 Å². The van der Waals surface area contributed by atoms with Crippen LogP contribution in [0.4, 0.5) is 5.95 Å². The number of aromatic nitrogens is 2. The first-order valence-electron chi connectivity index (χ1n) is 6.86. The Hall–Kier alpha value is -2.17. The van der Waals surface area contributed by atoms with Crippen molar-refractivity contribution in [3.63, 3.8) is 0 Å². The monoisotopic (exact) mass is 272 g/mol. The quantitative estimate of drug-likeness (QED) is 0.895. The van der Waals surface area contributed by atoms with Gasteiger partial charge in [-0.25, -0.2) is 9.97 Å². The zero-order valence-corrected chi connectivity index (χ0v) is 12.1. The van der Waals surface area contributed by atoms with Crippen molar-refractivity contribution in [3.05, 3.63) is 29.5 Å². The molecule has 0 saturated carbocycles. The summed E-state index contributed by atoms with van der Waals surface area (Å²) in [5, 5.41) is 3.69. The van der Waals surface area contributed by atoms with E-state index < -0.39 is 0 Å². The maximum absolute atomic E-state index is 12.4. The van der Waals surface area contributed by atoms with Gasteiger partial charge in [0.2, 0.25) is 5.95 Å². The second-order valence-electron chi connectivity index (χ2n) is 5.11. The van der Waals surface area contributed by atoms with E-state index in [0.717, 1.165) is 23.8 Å². The van der Waals surface area contributed by atoms with Gasteiger partial charge in [0, 0.05) is 11.4 Å². The third-order valence-electron chi connectivity index (χ3n) is 3.18. The molecule has 1 unspecified atom stereocenters. The normalized spacial score (nSPS) is 12.3. The molecule has 1 heterocycles. The lowest BCUT2D eigenvalue weighted by atomic mass is 10.1. The highest BCUT2D eigenvalue weighted by Gasteiger charge is 2.16. The van der Waals surface area contributed by atoms with Gasteiger partial charge < -0.3 is 11.1 Å². The predicted octanol–water partition coefficient (Wildman–Crippen LogP) is 2.44. The van der Waals surface area contributed by atoms with Gasteiger partial charge in [0.25, 0.3) is 5.91 Å². The van der Waals surface area contributed by atoms with Gasteiger partial charge in [-0.2, -0.15) is 0 Å². The number of amides is 1. The van der Waals surface area contributed by atoms with Gasteiger partial charge in [0.05, 0.1) is 5.52 Å². The minimum atomic E-state index is -0.198. The van der Waals surface area contributed by atoms with Crippen molar-refractivity contribution < 1.29 is 4.79 Å². The summed E-state index contributed by atoms with van der Waals surface area (Å²) >= 11 is 0. The minimum absolute atomic E-state index is 0.114. The molecule has 0 aliphatic heterocycles. The number of nitrogens with zero attached hydrogens (tertiary/aromatic N) is 2. The van der Waals surface area contributed by atoms with Crippen LogP contribution in [0.1, 0.15) is 42.7 Å².